The monoisotopic (exact) mass is 264 g/mol. The summed E-state index contributed by atoms with van der Waals surface area (Å²) in [5, 5.41) is 14.5. The van der Waals surface area contributed by atoms with Crippen LogP contribution in [0.2, 0.25) is 0 Å². The summed E-state index contributed by atoms with van der Waals surface area (Å²) in [4.78, 5) is 26.3. The molecule has 2 aliphatic heterocycles. The maximum atomic E-state index is 12.4. The topological polar surface area (TPSA) is 85.2 Å². The Balaban J connectivity index is 2.20. The molecule has 2 fully saturated rings. The molecule has 2 amide bonds. The van der Waals surface area contributed by atoms with Crippen LogP contribution in [0, 0.1) is 11.3 Å². The summed E-state index contributed by atoms with van der Waals surface area (Å²) in [6, 6.07) is 1.92. The van der Waals surface area contributed by atoms with Gasteiger partial charge in [0.05, 0.1) is 6.07 Å². The summed E-state index contributed by atoms with van der Waals surface area (Å²) in [7, 11) is 0. The molecular formula is C13H20N4O2. The number of carbonyl (C=O) groups is 2. The van der Waals surface area contributed by atoms with E-state index in [-0.39, 0.29) is 18.4 Å². The number of rotatable bonds is 3. The second kappa shape index (κ2) is 6.02. The van der Waals surface area contributed by atoms with Crippen molar-refractivity contribution in [2.45, 2.75) is 37.6 Å². The van der Waals surface area contributed by atoms with Crippen LogP contribution >= 0.6 is 0 Å². The normalized spacial score (nSPS) is 22.7. The van der Waals surface area contributed by atoms with Crippen molar-refractivity contribution in [1.82, 2.24) is 15.5 Å². The average Bonchev–Trinajstić information content (AvgIpc) is 2.46. The molecule has 0 radical (unpaired) electrons. The third kappa shape index (κ3) is 2.71. The molecule has 2 heterocycles. The molecular weight excluding hydrogens is 244 g/mol. The smallest absolute Gasteiger partial charge is 0.246 e. The van der Waals surface area contributed by atoms with E-state index < -0.39 is 5.54 Å². The van der Waals surface area contributed by atoms with Gasteiger partial charge in [-0.3, -0.25) is 9.59 Å². The summed E-state index contributed by atoms with van der Waals surface area (Å²) in [5.74, 6) is -0.106. The maximum Gasteiger partial charge on any atom is 0.246 e. The molecule has 2 N–H and O–H groups in total. The molecule has 2 saturated heterocycles. The first-order valence-corrected chi connectivity index (χ1v) is 6.87. The van der Waals surface area contributed by atoms with Gasteiger partial charge < -0.3 is 15.5 Å². The molecule has 2 rings (SSSR count). The Labute approximate surface area is 113 Å². The van der Waals surface area contributed by atoms with E-state index in [0.717, 1.165) is 25.9 Å². The van der Waals surface area contributed by atoms with Crippen LogP contribution in [0.3, 0.4) is 0 Å². The Hall–Kier alpha value is -1.61. The van der Waals surface area contributed by atoms with E-state index in [1.54, 1.807) is 4.90 Å². The van der Waals surface area contributed by atoms with Crippen LogP contribution in [0.5, 0.6) is 0 Å². The van der Waals surface area contributed by atoms with Crippen LogP contribution in [0.15, 0.2) is 0 Å². The van der Waals surface area contributed by atoms with Crippen LogP contribution in [-0.4, -0.2) is 48.4 Å². The SMILES string of the molecule is N#CCNC(=O)C1(N2CCCCC2=O)CCNCC1. The number of likely N-dealkylation sites (tertiary alicyclic amines) is 1. The van der Waals surface area contributed by atoms with Gasteiger partial charge in [0.1, 0.15) is 12.1 Å². The van der Waals surface area contributed by atoms with E-state index in [1.165, 1.54) is 0 Å². The van der Waals surface area contributed by atoms with Crippen molar-refractivity contribution in [2.75, 3.05) is 26.2 Å². The van der Waals surface area contributed by atoms with Crippen molar-refractivity contribution in [1.29, 1.82) is 5.26 Å². The van der Waals surface area contributed by atoms with Gasteiger partial charge in [0, 0.05) is 13.0 Å². The van der Waals surface area contributed by atoms with Gasteiger partial charge >= 0.3 is 0 Å². The summed E-state index contributed by atoms with van der Waals surface area (Å²) in [6.45, 7) is 2.10. The minimum atomic E-state index is -0.750. The first-order valence-electron chi connectivity index (χ1n) is 6.87. The van der Waals surface area contributed by atoms with Crippen molar-refractivity contribution < 1.29 is 9.59 Å². The summed E-state index contributed by atoms with van der Waals surface area (Å²) in [5.41, 5.74) is -0.750. The number of carbonyl (C=O) groups excluding carboxylic acids is 2. The fraction of sp³-hybridized carbons (Fsp3) is 0.769. The Kier molecular flexibility index (Phi) is 4.38. The highest BCUT2D eigenvalue weighted by atomic mass is 16.2. The van der Waals surface area contributed by atoms with Gasteiger partial charge in [0.2, 0.25) is 11.8 Å². The highest BCUT2D eigenvalue weighted by Gasteiger charge is 2.47. The largest absolute Gasteiger partial charge is 0.341 e. The van der Waals surface area contributed by atoms with Crippen molar-refractivity contribution in [3.63, 3.8) is 0 Å². The average molecular weight is 264 g/mol. The van der Waals surface area contributed by atoms with Crippen LogP contribution in [0.25, 0.3) is 0 Å². The fourth-order valence-electron chi connectivity index (χ4n) is 3.00. The number of piperidine rings is 2. The second-order valence-corrected chi connectivity index (χ2v) is 5.12. The standard InChI is InChI=1S/C13H20N4O2/c14-6-9-16-12(19)13(4-7-15-8-5-13)17-10-2-1-3-11(17)18/h15H,1-5,7-10H2,(H,16,19). The minimum absolute atomic E-state index is 0.00393. The van der Waals surface area contributed by atoms with Gasteiger partial charge in [-0.1, -0.05) is 0 Å². The first kappa shape index (κ1) is 13.8. The van der Waals surface area contributed by atoms with Crippen LogP contribution in [-0.2, 0) is 9.59 Å². The Morgan fingerprint density at radius 1 is 1.42 bits per heavy atom. The van der Waals surface area contributed by atoms with Crippen molar-refractivity contribution in [3.8, 4) is 6.07 Å². The third-order valence-corrected chi connectivity index (χ3v) is 4.02. The number of nitrogens with one attached hydrogen (secondary N) is 2. The highest BCUT2D eigenvalue weighted by molar-refractivity contribution is 5.92. The van der Waals surface area contributed by atoms with E-state index >= 15 is 0 Å². The number of nitrogens with zero attached hydrogens (tertiary/aromatic N) is 2. The Bertz CT molecular complexity index is 396. The molecule has 0 saturated carbocycles. The quantitative estimate of drug-likeness (QED) is 0.689. The first-order chi connectivity index (χ1) is 9.20. The molecule has 0 aromatic rings. The minimum Gasteiger partial charge on any atom is -0.341 e. The van der Waals surface area contributed by atoms with Gasteiger partial charge in [-0.25, -0.2) is 0 Å². The Morgan fingerprint density at radius 3 is 2.79 bits per heavy atom. The lowest BCUT2D eigenvalue weighted by Gasteiger charge is -2.46. The number of nitriles is 1. The van der Waals surface area contributed by atoms with Gasteiger partial charge in [-0.05, 0) is 38.8 Å². The van der Waals surface area contributed by atoms with E-state index in [4.69, 9.17) is 5.26 Å². The molecule has 0 atom stereocenters. The van der Waals surface area contributed by atoms with Gasteiger partial charge in [0.15, 0.2) is 0 Å². The summed E-state index contributed by atoms with van der Waals surface area (Å²) < 4.78 is 0. The van der Waals surface area contributed by atoms with E-state index in [1.807, 2.05) is 6.07 Å². The van der Waals surface area contributed by atoms with E-state index in [2.05, 4.69) is 10.6 Å². The maximum absolute atomic E-state index is 12.4. The third-order valence-electron chi connectivity index (χ3n) is 4.02. The molecule has 6 nitrogen and oxygen atoms in total. The predicted octanol–water partition coefficient (Wildman–Crippen LogP) is -0.239. The number of hydrogen-bond acceptors (Lipinski definition) is 4. The van der Waals surface area contributed by atoms with Crippen molar-refractivity contribution >= 4 is 11.8 Å². The molecule has 0 aliphatic carbocycles. The Morgan fingerprint density at radius 2 is 2.16 bits per heavy atom. The van der Waals surface area contributed by atoms with Crippen molar-refractivity contribution in [2.24, 2.45) is 0 Å². The zero-order chi connectivity index (χ0) is 13.7. The molecule has 6 heteroatoms. The molecule has 2 aliphatic rings. The van der Waals surface area contributed by atoms with Crippen LogP contribution < -0.4 is 10.6 Å². The van der Waals surface area contributed by atoms with E-state index in [9.17, 15) is 9.59 Å². The molecule has 0 spiro atoms. The molecule has 104 valence electrons. The lowest BCUT2D eigenvalue weighted by molar-refractivity contribution is -0.152. The summed E-state index contributed by atoms with van der Waals surface area (Å²) in [6.07, 6.45) is 3.63. The molecule has 0 unspecified atom stereocenters. The fourth-order valence-corrected chi connectivity index (χ4v) is 3.00. The predicted molar refractivity (Wildman–Crippen MR) is 69.0 cm³/mol. The van der Waals surface area contributed by atoms with E-state index in [0.29, 0.717) is 25.8 Å². The number of amides is 2. The lowest BCUT2D eigenvalue weighted by atomic mass is 9.83. The van der Waals surface area contributed by atoms with Gasteiger partial charge in [-0.15, -0.1) is 0 Å². The van der Waals surface area contributed by atoms with Crippen molar-refractivity contribution in [3.05, 3.63) is 0 Å². The molecule has 0 bridgehead atoms. The molecule has 0 aromatic carbocycles. The van der Waals surface area contributed by atoms with Crippen LogP contribution in [0.1, 0.15) is 32.1 Å². The zero-order valence-corrected chi connectivity index (χ0v) is 11.1. The van der Waals surface area contributed by atoms with Gasteiger partial charge in [0.25, 0.3) is 0 Å². The van der Waals surface area contributed by atoms with Gasteiger partial charge in [-0.2, -0.15) is 5.26 Å². The molecule has 0 aromatic heterocycles. The lowest BCUT2D eigenvalue weighted by Crippen LogP contribution is -2.65. The zero-order valence-electron chi connectivity index (χ0n) is 11.1. The number of hydrogen-bond donors (Lipinski definition) is 2. The second-order valence-electron chi connectivity index (χ2n) is 5.12. The highest BCUT2D eigenvalue weighted by Crippen LogP contribution is 2.30. The van der Waals surface area contributed by atoms with Crippen LogP contribution in [0.4, 0.5) is 0 Å². The molecule has 19 heavy (non-hydrogen) atoms. The summed E-state index contributed by atoms with van der Waals surface area (Å²) >= 11 is 0.